The quantitative estimate of drug-likeness (QED) is 0.868. The number of aromatic nitrogens is 2. The third-order valence-electron chi connectivity index (χ3n) is 3.99. The van der Waals surface area contributed by atoms with Crippen molar-refractivity contribution in [3.8, 4) is 11.3 Å². The number of aryl methyl sites for hydroxylation is 1. The summed E-state index contributed by atoms with van der Waals surface area (Å²) in [5.41, 5.74) is 2.50. The third kappa shape index (κ3) is 3.08. The number of carbonyl (C=O) groups is 1. The molecule has 0 atom stereocenters. The van der Waals surface area contributed by atoms with Crippen LogP contribution in [-0.2, 0) is 11.3 Å². The molecular formula is C17H19N3O2. The Morgan fingerprint density at radius 2 is 1.86 bits per heavy atom. The van der Waals surface area contributed by atoms with Crippen LogP contribution < -0.4 is 5.56 Å². The molecule has 3 rings (SSSR count). The van der Waals surface area contributed by atoms with Crippen molar-refractivity contribution in [1.82, 2.24) is 14.5 Å². The number of benzene rings is 1. The van der Waals surface area contributed by atoms with E-state index in [0.717, 1.165) is 37.1 Å². The van der Waals surface area contributed by atoms with E-state index in [-0.39, 0.29) is 18.0 Å². The Morgan fingerprint density at radius 3 is 2.50 bits per heavy atom. The minimum absolute atomic E-state index is 0.00974. The van der Waals surface area contributed by atoms with Crippen LogP contribution in [0.1, 0.15) is 18.4 Å². The van der Waals surface area contributed by atoms with Gasteiger partial charge in [-0.2, -0.15) is 0 Å². The summed E-state index contributed by atoms with van der Waals surface area (Å²) < 4.78 is 1.37. The van der Waals surface area contributed by atoms with Crippen LogP contribution in [0, 0.1) is 6.92 Å². The summed E-state index contributed by atoms with van der Waals surface area (Å²) in [6, 6.07) is 9.34. The zero-order chi connectivity index (χ0) is 15.5. The molecule has 5 heteroatoms. The van der Waals surface area contributed by atoms with Crippen molar-refractivity contribution in [2.24, 2.45) is 0 Å². The van der Waals surface area contributed by atoms with E-state index in [1.165, 1.54) is 17.0 Å². The van der Waals surface area contributed by atoms with Crippen LogP contribution in [-0.4, -0.2) is 33.4 Å². The standard InChI is InChI=1S/C17H19N3O2/c1-13-4-6-14(7-5-13)15-10-16(21)20(12-18-15)11-17(22)19-8-2-3-9-19/h4-7,10,12H,2-3,8-9,11H2,1H3. The molecule has 1 amide bonds. The lowest BCUT2D eigenvalue weighted by molar-refractivity contribution is -0.130. The fraction of sp³-hybridized carbons (Fsp3) is 0.353. The number of likely N-dealkylation sites (tertiary alicyclic amines) is 1. The molecule has 0 N–H and O–H groups in total. The maximum Gasteiger partial charge on any atom is 0.254 e. The topological polar surface area (TPSA) is 55.2 Å². The predicted octanol–water partition coefficient (Wildman–Crippen LogP) is 1.84. The normalized spacial score (nSPS) is 14.3. The average Bonchev–Trinajstić information content (AvgIpc) is 3.04. The van der Waals surface area contributed by atoms with Crippen LogP contribution in [0.3, 0.4) is 0 Å². The molecule has 2 aromatic rings. The van der Waals surface area contributed by atoms with Crippen molar-refractivity contribution in [2.45, 2.75) is 26.3 Å². The fourth-order valence-electron chi connectivity index (χ4n) is 2.64. The number of hydrogen-bond acceptors (Lipinski definition) is 3. The monoisotopic (exact) mass is 297 g/mol. The molecule has 0 saturated carbocycles. The molecule has 1 saturated heterocycles. The van der Waals surface area contributed by atoms with E-state index >= 15 is 0 Å². The van der Waals surface area contributed by atoms with Gasteiger partial charge in [-0.15, -0.1) is 0 Å². The highest BCUT2D eigenvalue weighted by atomic mass is 16.2. The lowest BCUT2D eigenvalue weighted by Crippen LogP contribution is -2.34. The Bertz CT molecular complexity index is 728. The zero-order valence-corrected chi connectivity index (χ0v) is 12.7. The molecule has 0 radical (unpaired) electrons. The van der Waals surface area contributed by atoms with Gasteiger partial charge in [-0.05, 0) is 19.8 Å². The first-order chi connectivity index (χ1) is 10.6. The van der Waals surface area contributed by atoms with Crippen molar-refractivity contribution < 1.29 is 4.79 Å². The van der Waals surface area contributed by atoms with Gasteiger partial charge in [0.2, 0.25) is 5.91 Å². The van der Waals surface area contributed by atoms with Crippen molar-refractivity contribution in [2.75, 3.05) is 13.1 Å². The lowest BCUT2D eigenvalue weighted by atomic mass is 10.1. The van der Waals surface area contributed by atoms with E-state index in [1.54, 1.807) is 4.90 Å². The zero-order valence-electron chi connectivity index (χ0n) is 12.7. The highest BCUT2D eigenvalue weighted by molar-refractivity contribution is 5.76. The molecule has 22 heavy (non-hydrogen) atoms. The van der Waals surface area contributed by atoms with Crippen molar-refractivity contribution >= 4 is 5.91 Å². The SMILES string of the molecule is Cc1ccc(-c2cc(=O)n(CC(=O)N3CCCC3)cn2)cc1. The molecule has 2 heterocycles. The van der Waals surface area contributed by atoms with Crippen LogP contribution in [0.15, 0.2) is 41.5 Å². The van der Waals surface area contributed by atoms with E-state index in [9.17, 15) is 9.59 Å². The Balaban J connectivity index is 1.78. The van der Waals surface area contributed by atoms with Crippen LogP contribution >= 0.6 is 0 Å². The largest absolute Gasteiger partial charge is 0.341 e. The first-order valence-electron chi connectivity index (χ1n) is 7.55. The number of carbonyl (C=O) groups excluding carboxylic acids is 1. The predicted molar refractivity (Wildman–Crippen MR) is 84.5 cm³/mol. The number of hydrogen-bond donors (Lipinski definition) is 0. The number of rotatable bonds is 3. The van der Waals surface area contributed by atoms with Crippen molar-refractivity contribution in [3.05, 3.63) is 52.6 Å². The van der Waals surface area contributed by atoms with Gasteiger partial charge in [0.25, 0.3) is 5.56 Å². The minimum Gasteiger partial charge on any atom is -0.341 e. The number of nitrogens with zero attached hydrogens (tertiary/aromatic N) is 3. The highest BCUT2D eigenvalue weighted by Gasteiger charge is 2.18. The molecule has 1 aromatic heterocycles. The maximum absolute atomic E-state index is 12.2. The van der Waals surface area contributed by atoms with E-state index in [2.05, 4.69) is 4.98 Å². The summed E-state index contributed by atoms with van der Waals surface area (Å²) in [5.74, 6) is -0.00974. The maximum atomic E-state index is 12.2. The second kappa shape index (κ2) is 6.13. The van der Waals surface area contributed by atoms with Gasteiger partial charge >= 0.3 is 0 Å². The summed E-state index contributed by atoms with van der Waals surface area (Å²) in [6.45, 7) is 3.67. The van der Waals surface area contributed by atoms with Crippen LogP contribution in [0.5, 0.6) is 0 Å². The summed E-state index contributed by atoms with van der Waals surface area (Å²) in [5, 5.41) is 0. The fourth-order valence-corrected chi connectivity index (χ4v) is 2.64. The molecule has 5 nitrogen and oxygen atoms in total. The van der Waals surface area contributed by atoms with Gasteiger partial charge in [-0.1, -0.05) is 29.8 Å². The molecular weight excluding hydrogens is 278 g/mol. The van der Waals surface area contributed by atoms with E-state index in [0.29, 0.717) is 5.69 Å². The second-order valence-corrected chi connectivity index (χ2v) is 5.69. The van der Waals surface area contributed by atoms with Crippen LogP contribution in [0.25, 0.3) is 11.3 Å². The van der Waals surface area contributed by atoms with Gasteiger partial charge < -0.3 is 4.90 Å². The van der Waals surface area contributed by atoms with Crippen molar-refractivity contribution in [1.29, 1.82) is 0 Å². The summed E-state index contributed by atoms with van der Waals surface area (Å²) >= 11 is 0. The molecule has 114 valence electrons. The number of amides is 1. The minimum atomic E-state index is -0.196. The highest BCUT2D eigenvalue weighted by Crippen LogP contribution is 2.15. The van der Waals surface area contributed by atoms with Gasteiger partial charge in [-0.3, -0.25) is 14.2 Å². The first kappa shape index (κ1) is 14.5. The Labute approximate surface area is 129 Å². The van der Waals surface area contributed by atoms with E-state index < -0.39 is 0 Å². The van der Waals surface area contributed by atoms with Gasteiger partial charge in [0, 0.05) is 24.7 Å². The average molecular weight is 297 g/mol. The molecule has 1 aliphatic rings. The molecule has 1 aliphatic heterocycles. The van der Waals surface area contributed by atoms with Gasteiger partial charge in [-0.25, -0.2) is 4.98 Å². The smallest absolute Gasteiger partial charge is 0.254 e. The van der Waals surface area contributed by atoms with Crippen LogP contribution in [0.2, 0.25) is 0 Å². The summed E-state index contributed by atoms with van der Waals surface area (Å²) in [6.07, 6.45) is 3.56. The molecule has 0 bridgehead atoms. The first-order valence-corrected chi connectivity index (χ1v) is 7.55. The molecule has 1 aromatic carbocycles. The lowest BCUT2D eigenvalue weighted by Gasteiger charge is -2.15. The van der Waals surface area contributed by atoms with Crippen molar-refractivity contribution in [3.63, 3.8) is 0 Å². The van der Waals surface area contributed by atoms with Crippen LogP contribution in [0.4, 0.5) is 0 Å². The molecule has 0 aliphatic carbocycles. The molecule has 1 fully saturated rings. The third-order valence-corrected chi connectivity index (χ3v) is 3.99. The second-order valence-electron chi connectivity index (χ2n) is 5.69. The summed E-state index contributed by atoms with van der Waals surface area (Å²) in [4.78, 5) is 30.4. The van der Waals surface area contributed by atoms with Gasteiger partial charge in [0.15, 0.2) is 0 Å². The Kier molecular flexibility index (Phi) is 4.04. The molecule has 0 unspecified atom stereocenters. The summed E-state index contributed by atoms with van der Waals surface area (Å²) in [7, 11) is 0. The molecule has 0 spiro atoms. The van der Waals surface area contributed by atoms with E-state index in [4.69, 9.17) is 0 Å². The Hall–Kier alpha value is -2.43. The van der Waals surface area contributed by atoms with E-state index in [1.807, 2.05) is 31.2 Å². The van der Waals surface area contributed by atoms with Gasteiger partial charge in [0.05, 0.1) is 12.0 Å². The van der Waals surface area contributed by atoms with Gasteiger partial charge in [0.1, 0.15) is 6.54 Å². The Morgan fingerprint density at radius 1 is 1.18 bits per heavy atom.